The van der Waals surface area contributed by atoms with Crippen LogP contribution in [0.1, 0.15) is 44.6 Å². The molecule has 3 aromatic rings. The molecule has 4 rings (SSSR count). The molecule has 3 atom stereocenters. The Hall–Kier alpha value is -2.77. The van der Waals surface area contributed by atoms with E-state index in [2.05, 4.69) is 44.0 Å². The van der Waals surface area contributed by atoms with E-state index in [9.17, 15) is 13.2 Å². The number of ether oxygens (including phenoxy) is 1. The number of thioether (sulfide) groups is 1. The van der Waals surface area contributed by atoms with Gasteiger partial charge >= 0.3 is 0 Å². The van der Waals surface area contributed by atoms with E-state index >= 15 is 0 Å². The maximum atomic E-state index is 13.1. The van der Waals surface area contributed by atoms with Gasteiger partial charge < -0.3 is 14.6 Å². The number of nitrogens with one attached hydrogen (secondary N) is 1. The van der Waals surface area contributed by atoms with E-state index in [4.69, 9.17) is 4.74 Å². The number of carbonyl (C=O) groups excluding carboxylic acids is 1. The number of hydrogen-bond acceptors (Lipinski definition) is 8. The van der Waals surface area contributed by atoms with Gasteiger partial charge in [-0.25, -0.2) is 8.42 Å². The molecule has 0 radical (unpaired) electrons. The Morgan fingerprint density at radius 1 is 1.07 bits per heavy atom. The van der Waals surface area contributed by atoms with E-state index in [0.717, 1.165) is 17.8 Å². The Bertz CT molecular complexity index is 1370. The molecule has 1 N–H and O–H groups in total. The average Bonchev–Trinajstić information content (AvgIpc) is 3.29. The lowest BCUT2D eigenvalue weighted by Crippen LogP contribution is -2.48. The lowest BCUT2D eigenvalue weighted by atomic mass is 10.2. The summed E-state index contributed by atoms with van der Waals surface area (Å²) in [5.41, 5.74) is 1.65. The van der Waals surface area contributed by atoms with Crippen molar-refractivity contribution in [2.24, 2.45) is 0 Å². The fourth-order valence-electron chi connectivity index (χ4n) is 4.86. The third-order valence-corrected chi connectivity index (χ3v) is 9.54. The number of rotatable bonds is 11. The highest BCUT2D eigenvalue weighted by molar-refractivity contribution is 7.99. The molecule has 0 saturated carbocycles. The Labute approximate surface area is 241 Å². The van der Waals surface area contributed by atoms with Crippen molar-refractivity contribution >= 4 is 33.4 Å². The molecule has 1 aliphatic rings. The molecule has 1 fully saturated rings. The lowest BCUT2D eigenvalue weighted by molar-refractivity contribution is -0.113. The summed E-state index contributed by atoms with van der Waals surface area (Å²) >= 11 is 1.33. The quantitative estimate of drug-likeness (QED) is 0.338. The summed E-state index contributed by atoms with van der Waals surface area (Å²) in [6.07, 6.45) is 0.542. The van der Waals surface area contributed by atoms with Crippen LogP contribution in [0, 0.1) is 0 Å². The van der Waals surface area contributed by atoms with Gasteiger partial charge in [0, 0.05) is 18.8 Å². The minimum Gasteiger partial charge on any atom is -0.373 e. The highest BCUT2D eigenvalue weighted by atomic mass is 32.2. The van der Waals surface area contributed by atoms with Gasteiger partial charge in [0.05, 0.1) is 35.4 Å². The molecule has 216 valence electrons. The van der Waals surface area contributed by atoms with Gasteiger partial charge in [-0.15, -0.1) is 10.2 Å². The number of amides is 1. The molecule has 1 aliphatic heterocycles. The van der Waals surface area contributed by atoms with Crippen LogP contribution in [-0.2, 0) is 26.1 Å². The molecular formula is C28H38N6O4S2. The minimum absolute atomic E-state index is 0.0954. The maximum Gasteiger partial charge on any atom is 0.243 e. The van der Waals surface area contributed by atoms with E-state index in [1.165, 1.54) is 28.2 Å². The Morgan fingerprint density at radius 2 is 1.73 bits per heavy atom. The van der Waals surface area contributed by atoms with Crippen LogP contribution in [0.4, 0.5) is 5.69 Å². The predicted octanol–water partition coefficient (Wildman–Crippen LogP) is 3.87. The molecule has 1 saturated heterocycles. The zero-order valence-corrected chi connectivity index (χ0v) is 25.3. The molecule has 1 aromatic heterocycles. The van der Waals surface area contributed by atoms with Crippen molar-refractivity contribution in [3.63, 3.8) is 0 Å². The average molecular weight is 587 g/mol. The van der Waals surface area contributed by atoms with Crippen LogP contribution >= 0.6 is 11.8 Å². The molecule has 2 heterocycles. The molecule has 2 aromatic carbocycles. The molecule has 0 bridgehead atoms. The standard InChI is InChI=1S/C28H38N6O4S2/c1-6-25(32(4)5)27-30-31-28(34(27)18-22-10-8-7-9-11-22)39-19-26(35)29-23-12-14-24(15-13-23)40(36,37)33-16-20(2)38-21(3)17-33/h7-15,20-21,25H,6,16-19H2,1-5H3,(H,29,35)/t20-,21+,25-/m0/s1. The summed E-state index contributed by atoms with van der Waals surface area (Å²) in [5, 5.41) is 12.5. The largest absolute Gasteiger partial charge is 0.373 e. The Kier molecular flexibility index (Phi) is 10.0. The van der Waals surface area contributed by atoms with Crippen LogP contribution in [0.25, 0.3) is 0 Å². The van der Waals surface area contributed by atoms with Gasteiger partial charge in [0.15, 0.2) is 11.0 Å². The first-order valence-corrected chi connectivity index (χ1v) is 15.8. The number of morpholine rings is 1. The number of nitrogens with zero attached hydrogens (tertiary/aromatic N) is 5. The number of sulfonamides is 1. The highest BCUT2D eigenvalue weighted by Gasteiger charge is 2.32. The molecule has 0 aliphatic carbocycles. The zero-order chi connectivity index (χ0) is 28.9. The van der Waals surface area contributed by atoms with Gasteiger partial charge in [0.1, 0.15) is 0 Å². The molecule has 1 amide bonds. The molecule has 12 heteroatoms. The molecule has 10 nitrogen and oxygen atoms in total. The van der Waals surface area contributed by atoms with Gasteiger partial charge in [0.2, 0.25) is 15.9 Å². The molecule has 40 heavy (non-hydrogen) atoms. The second-order valence-corrected chi connectivity index (χ2v) is 13.1. The van der Waals surface area contributed by atoms with E-state index in [0.29, 0.717) is 30.5 Å². The number of aromatic nitrogens is 3. The number of hydrogen-bond donors (Lipinski definition) is 1. The summed E-state index contributed by atoms with van der Waals surface area (Å²) in [6, 6.07) is 16.5. The zero-order valence-electron chi connectivity index (χ0n) is 23.6. The van der Waals surface area contributed by atoms with Crippen LogP contribution < -0.4 is 5.32 Å². The SMILES string of the molecule is CC[C@@H](c1nnc(SCC(=O)Nc2ccc(S(=O)(=O)N3C[C@@H](C)O[C@@H](C)C3)cc2)n1Cc1ccccc1)N(C)C. The monoisotopic (exact) mass is 586 g/mol. The van der Waals surface area contributed by atoms with Crippen LogP contribution in [0.5, 0.6) is 0 Å². The van der Waals surface area contributed by atoms with Crippen molar-refractivity contribution in [2.75, 3.05) is 38.3 Å². The first-order valence-electron chi connectivity index (χ1n) is 13.4. The third-order valence-electron chi connectivity index (χ3n) is 6.73. The van der Waals surface area contributed by atoms with Crippen LogP contribution in [-0.4, -0.2) is 83.4 Å². The van der Waals surface area contributed by atoms with Gasteiger partial charge in [0.25, 0.3) is 0 Å². The molecule has 0 unspecified atom stereocenters. The highest BCUT2D eigenvalue weighted by Crippen LogP contribution is 2.27. The molecule has 0 spiro atoms. The van der Waals surface area contributed by atoms with Crippen molar-refractivity contribution in [3.05, 3.63) is 66.0 Å². The summed E-state index contributed by atoms with van der Waals surface area (Å²) in [4.78, 5) is 15.1. The van der Waals surface area contributed by atoms with Crippen LogP contribution in [0.15, 0.2) is 64.6 Å². The Balaban J connectivity index is 1.42. The van der Waals surface area contributed by atoms with Gasteiger partial charge in [-0.3, -0.25) is 9.69 Å². The fourth-order valence-corrected chi connectivity index (χ4v) is 7.20. The van der Waals surface area contributed by atoms with Crippen LogP contribution in [0.2, 0.25) is 0 Å². The Morgan fingerprint density at radius 3 is 2.33 bits per heavy atom. The van der Waals surface area contributed by atoms with Crippen molar-refractivity contribution < 1.29 is 17.9 Å². The number of carbonyl (C=O) groups is 1. The van der Waals surface area contributed by atoms with E-state index < -0.39 is 10.0 Å². The minimum atomic E-state index is -3.65. The second kappa shape index (κ2) is 13.3. The number of benzene rings is 2. The first-order chi connectivity index (χ1) is 19.1. The van der Waals surface area contributed by atoms with Gasteiger partial charge in [-0.2, -0.15) is 4.31 Å². The maximum absolute atomic E-state index is 13.1. The van der Waals surface area contributed by atoms with E-state index in [1.54, 1.807) is 12.1 Å². The smallest absolute Gasteiger partial charge is 0.243 e. The third kappa shape index (κ3) is 7.29. The van der Waals surface area contributed by atoms with E-state index in [1.807, 2.05) is 46.1 Å². The topological polar surface area (TPSA) is 110 Å². The predicted molar refractivity (Wildman–Crippen MR) is 157 cm³/mol. The molecular weight excluding hydrogens is 548 g/mol. The van der Waals surface area contributed by atoms with Crippen molar-refractivity contribution in [3.8, 4) is 0 Å². The van der Waals surface area contributed by atoms with Gasteiger partial charge in [-0.05, 0) is 64.2 Å². The van der Waals surface area contributed by atoms with Crippen LogP contribution in [0.3, 0.4) is 0 Å². The normalized spacial score (nSPS) is 19.1. The van der Waals surface area contributed by atoms with E-state index in [-0.39, 0.29) is 34.8 Å². The summed E-state index contributed by atoms with van der Waals surface area (Å²) < 4.78 is 35.4. The second-order valence-electron chi connectivity index (χ2n) is 10.2. The summed E-state index contributed by atoms with van der Waals surface area (Å²) in [7, 11) is 0.396. The van der Waals surface area contributed by atoms with Crippen molar-refractivity contribution in [1.82, 2.24) is 24.0 Å². The summed E-state index contributed by atoms with van der Waals surface area (Å²) in [6.45, 7) is 7.08. The van der Waals surface area contributed by atoms with Crippen molar-refractivity contribution in [2.45, 2.75) is 62.0 Å². The number of anilines is 1. The van der Waals surface area contributed by atoms with Gasteiger partial charge in [-0.1, -0.05) is 49.0 Å². The fraction of sp³-hybridized carbons (Fsp3) is 0.464. The first kappa shape index (κ1) is 30.2. The lowest BCUT2D eigenvalue weighted by Gasteiger charge is -2.34. The summed E-state index contributed by atoms with van der Waals surface area (Å²) in [5.74, 6) is 0.780. The van der Waals surface area contributed by atoms with Crippen molar-refractivity contribution in [1.29, 1.82) is 0 Å².